The molecule has 0 aromatic carbocycles. The number of hydrogen-bond donors (Lipinski definition) is 1. The van der Waals surface area contributed by atoms with Crippen molar-refractivity contribution < 1.29 is 0 Å². The number of fused-ring (bicyclic) bond motifs is 1. The molecule has 0 aliphatic heterocycles. The molecule has 2 aromatic rings. The first kappa shape index (κ1) is 7.18. The molecule has 12 heavy (non-hydrogen) atoms. The van der Waals surface area contributed by atoms with Gasteiger partial charge < -0.3 is 5.73 Å². The van der Waals surface area contributed by atoms with Crippen LogP contribution in [0.1, 0.15) is 5.69 Å². The van der Waals surface area contributed by atoms with E-state index >= 15 is 0 Å². The maximum Gasteiger partial charge on any atom is 0.0736 e. The molecule has 2 N–H and O–H groups in total. The molecule has 2 rings (SSSR count). The summed E-state index contributed by atoms with van der Waals surface area (Å²) < 4.78 is 0. The maximum atomic E-state index is 5.53. The van der Waals surface area contributed by atoms with Gasteiger partial charge >= 0.3 is 0 Å². The molecule has 0 radical (unpaired) electrons. The number of nitrogens with zero attached hydrogens (tertiary/aromatic N) is 2. The van der Waals surface area contributed by atoms with Crippen LogP contribution < -0.4 is 5.73 Å². The standard InChI is InChI=1S/C9H9N3/c10-6-9-7-2-1-4-11-8(7)3-5-12-9/h1-5H,6,10H2. The molecule has 0 spiro atoms. The van der Waals surface area contributed by atoms with E-state index in [0.717, 1.165) is 16.6 Å². The van der Waals surface area contributed by atoms with Gasteiger partial charge in [0.1, 0.15) is 0 Å². The summed E-state index contributed by atoms with van der Waals surface area (Å²) in [6.45, 7) is 0.461. The third kappa shape index (κ3) is 1.04. The first-order valence-electron chi connectivity index (χ1n) is 3.80. The summed E-state index contributed by atoms with van der Waals surface area (Å²) in [5.41, 5.74) is 7.38. The molecule has 0 saturated carbocycles. The number of rotatable bonds is 1. The molecular formula is C9H9N3. The molecule has 0 atom stereocenters. The fraction of sp³-hybridized carbons (Fsp3) is 0.111. The van der Waals surface area contributed by atoms with Gasteiger partial charge in [-0.25, -0.2) is 0 Å². The highest BCUT2D eigenvalue weighted by Gasteiger charge is 1.98. The van der Waals surface area contributed by atoms with Crippen LogP contribution in [0.5, 0.6) is 0 Å². The van der Waals surface area contributed by atoms with E-state index < -0.39 is 0 Å². The zero-order valence-electron chi connectivity index (χ0n) is 6.57. The minimum Gasteiger partial charge on any atom is -0.325 e. The minimum absolute atomic E-state index is 0.461. The van der Waals surface area contributed by atoms with Crippen LogP contribution in [-0.2, 0) is 6.54 Å². The fourth-order valence-electron chi connectivity index (χ4n) is 1.22. The van der Waals surface area contributed by atoms with Crippen molar-refractivity contribution in [1.82, 2.24) is 9.97 Å². The molecule has 60 valence electrons. The zero-order chi connectivity index (χ0) is 8.39. The van der Waals surface area contributed by atoms with Crippen molar-refractivity contribution in [2.24, 2.45) is 5.73 Å². The molecule has 0 bridgehead atoms. The Morgan fingerprint density at radius 3 is 2.92 bits per heavy atom. The lowest BCUT2D eigenvalue weighted by Gasteiger charge is -2.00. The molecule has 3 nitrogen and oxygen atoms in total. The third-order valence-electron chi connectivity index (χ3n) is 1.81. The summed E-state index contributed by atoms with van der Waals surface area (Å²) in [6.07, 6.45) is 3.50. The molecule has 0 aliphatic carbocycles. The van der Waals surface area contributed by atoms with Gasteiger partial charge in [-0.2, -0.15) is 0 Å². The van der Waals surface area contributed by atoms with Crippen LogP contribution in [0.25, 0.3) is 10.9 Å². The monoisotopic (exact) mass is 159 g/mol. The van der Waals surface area contributed by atoms with E-state index in [1.807, 2.05) is 18.2 Å². The Morgan fingerprint density at radius 2 is 2.08 bits per heavy atom. The average Bonchev–Trinajstić information content (AvgIpc) is 2.17. The molecule has 0 amide bonds. The molecule has 3 heteroatoms. The van der Waals surface area contributed by atoms with E-state index in [1.165, 1.54) is 0 Å². The van der Waals surface area contributed by atoms with E-state index in [2.05, 4.69) is 9.97 Å². The normalized spacial score (nSPS) is 10.4. The summed E-state index contributed by atoms with van der Waals surface area (Å²) in [5.74, 6) is 0. The lowest BCUT2D eigenvalue weighted by molar-refractivity contribution is 1.01. The predicted molar refractivity (Wildman–Crippen MR) is 47.4 cm³/mol. The van der Waals surface area contributed by atoms with Crippen LogP contribution in [0.2, 0.25) is 0 Å². The van der Waals surface area contributed by atoms with E-state index in [-0.39, 0.29) is 0 Å². The summed E-state index contributed by atoms with van der Waals surface area (Å²) >= 11 is 0. The second-order valence-electron chi connectivity index (χ2n) is 2.53. The van der Waals surface area contributed by atoms with Gasteiger partial charge in [-0.3, -0.25) is 9.97 Å². The fourth-order valence-corrected chi connectivity index (χ4v) is 1.22. The van der Waals surface area contributed by atoms with Crippen LogP contribution in [-0.4, -0.2) is 9.97 Å². The van der Waals surface area contributed by atoms with Crippen LogP contribution in [0, 0.1) is 0 Å². The number of aromatic nitrogens is 2. The van der Waals surface area contributed by atoms with Crippen molar-refractivity contribution in [3.8, 4) is 0 Å². The zero-order valence-corrected chi connectivity index (χ0v) is 6.57. The molecule has 0 unspecified atom stereocenters. The molecule has 0 aliphatic rings. The van der Waals surface area contributed by atoms with Crippen molar-refractivity contribution in [3.63, 3.8) is 0 Å². The van der Waals surface area contributed by atoms with Gasteiger partial charge in [0.2, 0.25) is 0 Å². The van der Waals surface area contributed by atoms with Gasteiger partial charge in [-0.1, -0.05) is 0 Å². The van der Waals surface area contributed by atoms with Crippen molar-refractivity contribution in [1.29, 1.82) is 0 Å². The quantitative estimate of drug-likeness (QED) is 0.677. The van der Waals surface area contributed by atoms with Crippen LogP contribution in [0.4, 0.5) is 0 Å². The van der Waals surface area contributed by atoms with Crippen LogP contribution >= 0.6 is 0 Å². The largest absolute Gasteiger partial charge is 0.325 e. The summed E-state index contributed by atoms with van der Waals surface area (Å²) in [7, 11) is 0. The van der Waals surface area contributed by atoms with Gasteiger partial charge in [-0.05, 0) is 18.2 Å². The van der Waals surface area contributed by atoms with Crippen molar-refractivity contribution >= 4 is 10.9 Å². The highest BCUT2D eigenvalue weighted by Crippen LogP contribution is 2.12. The number of nitrogens with two attached hydrogens (primary N) is 1. The van der Waals surface area contributed by atoms with Crippen molar-refractivity contribution in [3.05, 3.63) is 36.3 Å². The smallest absolute Gasteiger partial charge is 0.0736 e. The first-order chi connectivity index (χ1) is 5.92. The summed E-state index contributed by atoms with van der Waals surface area (Å²) in [5, 5.41) is 1.04. The Morgan fingerprint density at radius 1 is 1.17 bits per heavy atom. The van der Waals surface area contributed by atoms with E-state index in [4.69, 9.17) is 5.73 Å². The number of pyridine rings is 2. The molecule has 0 saturated heterocycles. The Kier molecular flexibility index (Phi) is 1.72. The summed E-state index contributed by atoms with van der Waals surface area (Å²) in [4.78, 5) is 8.35. The second kappa shape index (κ2) is 2.87. The molecule has 0 fully saturated rings. The highest BCUT2D eigenvalue weighted by atomic mass is 14.7. The van der Waals surface area contributed by atoms with Crippen molar-refractivity contribution in [2.75, 3.05) is 0 Å². The van der Waals surface area contributed by atoms with Gasteiger partial charge in [0, 0.05) is 24.3 Å². The molecular weight excluding hydrogens is 150 g/mol. The van der Waals surface area contributed by atoms with E-state index in [9.17, 15) is 0 Å². The number of hydrogen-bond acceptors (Lipinski definition) is 3. The van der Waals surface area contributed by atoms with E-state index in [1.54, 1.807) is 12.4 Å². The van der Waals surface area contributed by atoms with Crippen LogP contribution in [0.15, 0.2) is 30.6 Å². The van der Waals surface area contributed by atoms with Crippen LogP contribution in [0.3, 0.4) is 0 Å². The van der Waals surface area contributed by atoms with Gasteiger partial charge in [-0.15, -0.1) is 0 Å². The lowest BCUT2D eigenvalue weighted by atomic mass is 10.2. The molecule has 2 aromatic heterocycles. The predicted octanol–water partition coefficient (Wildman–Crippen LogP) is 1.09. The third-order valence-corrected chi connectivity index (χ3v) is 1.81. The highest BCUT2D eigenvalue weighted by molar-refractivity contribution is 5.80. The van der Waals surface area contributed by atoms with Gasteiger partial charge in [0.05, 0.1) is 11.2 Å². The van der Waals surface area contributed by atoms with E-state index in [0.29, 0.717) is 6.54 Å². The Labute approximate surface area is 70.3 Å². The Bertz CT molecular complexity index is 392. The van der Waals surface area contributed by atoms with Gasteiger partial charge in [0.25, 0.3) is 0 Å². The topological polar surface area (TPSA) is 51.8 Å². The second-order valence-corrected chi connectivity index (χ2v) is 2.53. The Balaban J connectivity index is 2.79. The first-order valence-corrected chi connectivity index (χ1v) is 3.80. The Hall–Kier alpha value is -1.48. The summed E-state index contributed by atoms with van der Waals surface area (Å²) in [6, 6.07) is 5.76. The minimum atomic E-state index is 0.461. The SMILES string of the molecule is NCc1nccc2ncccc12. The lowest BCUT2D eigenvalue weighted by Crippen LogP contribution is -2.00. The van der Waals surface area contributed by atoms with Gasteiger partial charge in [0.15, 0.2) is 0 Å². The van der Waals surface area contributed by atoms with Crippen molar-refractivity contribution in [2.45, 2.75) is 6.54 Å². The molecule has 2 heterocycles. The average molecular weight is 159 g/mol. The maximum absolute atomic E-state index is 5.53.